The molecule has 0 aliphatic carbocycles. The number of nitrogens with zero attached hydrogens (tertiary/aromatic N) is 2. The van der Waals surface area contributed by atoms with Crippen molar-refractivity contribution < 1.29 is 18.8 Å². The number of halogens is 2. The Kier molecular flexibility index (Phi) is 5.75. The maximum atomic E-state index is 13.3. The fourth-order valence-corrected chi connectivity index (χ4v) is 3.55. The second kappa shape index (κ2) is 7.95. The molecular formula is C22H22ClFN2O3. The molecule has 0 radical (unpaired) electrons. The van der Waals surface area contributed by atoms with Gasteiger partial charge in [-0.25, -0.2) is 9.29 Å². The van der Waals surface area contributed by atoms with Crippen molar-refractivity contribution >= 4 is 35.0 Å². The van der Waals surface area contributed by atoms with E-state index in [-0.39, 0.29) is 17.9 Å². The fourth-order valence-electron chi connectivity index (χ4n) is 3.42. The molecule has 0 aromatic heterocycles. The Bertz CT molecular complexity index is 942. The average molecular weight is 417 g/mol. The van der Waals surface area contributed by atoms with E-state index >= 15 is 0 Å². The summed E-state index contributed by atoms with van der Waals surface area (Å²) in [6.45, 7) is 5.59. The van der Waals surface area contributed by atoms with Crippen LogP contribution in [0.2, 0.25) is 5.02 Å². The molecule has 5 nitrogen and oxygen atoms in total. The molecule has 29 heavy (non-hydrogen) atoms. The standard InChI is InChI=1S/C22H22ClFN2O3/c1-4-22(2,3)26(20(28)14-5-9-16(24)10-6-14)18-13-19(27)25(21(18)29)17-11-7-15(23)8-12-17/h5-12,18H,4,13H2,1-3H3. The van der Waals surface area contributed by atoms with Gasteiger partial charge in [0, 0.05) is 16.1 Å². The Hall–Kier alpha value is -2.73. The highest BCUT2D eigenvalue weighted by molar-refractivity contribution is 6.31. The van der Waals surface area contributed by atoms with Crippen LogP contribution in [0.5, 0.6) is 0 Å². The monoisotopic (exact) mass is 416 g/mol. The van der Waals surface area contributed by atoms with Gasteiger partial charge in [-0.1, -0.05) is 18.5 Å². The number of amides is 3. The molecule has 0 bridgehead atoms. The van der Waals surface area contributed by atoms with Gasteiger partial charge in [0.15, 0.2) is 0 Å². The Morgan fingerprint density at radius 1 is 1.14 bits per heavy atom. The molecule has 0 saturated carbocycles. The molecule has 1 atom stereocenters. The third-order valence-corrected chi connectivity index (χ3v) is 5.60. The maximum absolute atomic E-state index is 13.3. The summed E-state index contributed by atoms with van der Waals surface area (Å²) in [4.78, 5) is 41.7. The molecule has 1 fully saturated rings. The zero-order valence-corrected chi connectivity index (χ0v) is 17.2. The topological polar surface area (TPSA) is 57.7 Å². The molecule has 3 amide bonds. The highest BCUT2D eigenvalue weighted by atomic mass is 35.5. The second-order valence-corrected chi connectivity index (χ2v) is 8.05. The van der Waals surface area contributed by atoms with Crippen LogP contribution >= 0.6 is 11.6 Å². The smallest absolute Gasteiger partial charge is 0.257 e. The van der Waals surface area contributed by atoms with Crippen LogP contribution in [-0.2, 0) is 9.59 Å². The first kappa shape index (κ1) is 21.0. The summed E-state index contributed by atoms with van der Waals surface area (Å²) in [6, 6.07) is 10.6. The zero-order chi connectivity index (χ0) is 21.3. The van der Waals surface area contributed by atoms with E-state index in [1.54, 1.807) is 24.3 Å². The molecule has 152 valence electrons. The van der Waals surface area contributed by atoms with Crippen LogP contribution in [0.15, 0.2) is 48.5 Å². The van der Waals surface area contributed by atoms with Crippen LogP contribution in [-0.4, -0.2) is 34.2 Å². The van der Waals surface area contributed by atoms with Gasteiger partial charge in [-0.15, -0.1) is 0 Å². The Morgan fingerprint density at radius 2 is 1.72 bits per heavy atom. The molecule has 1 saturated heterocycles. The van der Waals surface area contributed by atoms with E-state index in [0.29, 0.717) is 17.1 Å². The van der Waals surface area contributed by atoms with Crippen molar-refractivity contribution in [2.45, 2.75) is 45.2 Å². The van der Waals surface area contributed by atoms with Crippen molar-refractivity contribution in [1.29, 1.82) is 0 Å². The second-order valence-electron chi connectivity index (χ2n) is 7.61. The quantitative estimate of drug-likeness (QED) is 0.677. The van der Waals surface area contributed by atoms with Gasteiger partial charge < -0.3 is 4.90 Å². The van der Waals surface area contributed by atoms with E-state index in [0.717, 1.165) is 4.90 Å². The Balaban J connectivity index is 1.99. The highest BCUT2D eigenvalue weighted by Crippen LogP contribution is 2.32. The molecule has 0 N–H and O–H groups in total. The van der Waals surface area contributed by atoms with Gasteiger partial charge in [-0.05, 0) is 68.8 Å². The lowest BCUT2D eigenvalue weighted by Gasteiger charge is -2.41. The number of imide groups is 1. The van der Waals surface area contributed by atoms with Crippen LogP contribution < -0.4 is 4.90 Å². The summed E-state index contributed by atoms with van der Waals surface area (Å²) >= 11 is 5.90. The van der Waals surface area contributed by atoms with Gasteiger partial charge in [-0.3, -0.25) is 14.4 Å². The van der Waals surface area contributed by atoms with E-state index in [2.05, 4.69) is 0 Å². The average Bonchev–Trinajstić information content (AvgIpc) is 2.97. The molecule has 2 aromatic carbocycles. The van der Waals surface area contributed by atoms with Crippen LogP contribution in [0.1, 0.15) is 44.0 Å². The third-order valence-electron chi connectivity index (χ3n) is 5.35. The molecule has 1 aliphatic heterocycles. The summed E-state index contributed by atoms with van der Waals surface area (Å²) < 4.78 is 13.3. The van der Waals surface area contributed by atoms with Gasteiger partial charge in [0.05, 0.1) is 12.1 Å². The van der Waals surface area contributed by atoms with E-state index < -0.39 is 29.2 Å². The van der Waals surface area contributed by atoms with Gasteiger partial charge in [0.1, 0.15) is 11.9 Å². The summed E-state index contributed by atoms with van der Waals surface area (Å²) in [5, 5.41) is 0.490. The van der Waals surface area contributed by atoms with E-state index in [1.807, 2.05) is 20.8 Å². The predicted octanol–water partition coefficient (Wildman–Crippen LogP) is 4.44. The lowest BCUT2D eigenvalue weighted by Crippen LogP contribution is -2.55. The summed E-state index contributed by atoms with van der Waals surface area (Å²) in [5.74, 6) is -1.72. The van der Waals surface area contributed by atoms with Crippen LogP contribution in [0.25, 0.3) is 0 Å². The van der Waals surface area contributed by atoms with Crippen LogP contribution in [0, 0.1) is 5.82 Å². The van der Waals surface area contributed by atoms with Gasteiger partial charge in [-0.2, -0.15) is 0 Å². The van der Waals surface area contributed by atoms with Crippen molar-refractivity contribution in [3.05, 3.63) is 64.9 Å². The predicted molar refractivity (Wildman–Crippen MR) is 109 cm³/mol. The number of benzene rings is 2. The SMILES string of the molecule is CCC(C)(C)N(C(=O)c1ccc(F)cc1)C1CC(=O)N(c2ccc(Cl)cc2)C1=O. The number of hydrogen-bond acceptors (Lipinski definition) is 3. The molecular weight excluding hydrogens is 395 g/mol. The number of carbonyl (C=O) groups is 3. The maximum Gasteiger partial charge on any atom is 0.257 e. The van der Waals surface area contributed by atoms with E-state index in [1.165, 1.54) is 29.2 Å². The molecule has 1 heterocycles. The van der Waals surface area contributed by atoms with Gasteiger partial charge in [0.2, 0.25) is 5.91 Å². The van der Waals surface area contributed by atoms with Crippen molar-refractivity contribution in [3.63, 3.8) is 0 Å². The van der Waals surface area contributed by atoms with Crippen molar-refractivity contribution in [1.82, 2.24) is 4.90 Å². The summed E-state index contributed by atoms with van der Waals surface area (Å²) in [6.07, 6.45) is 0.455. The molecule has 2 aromatic rings. The van der Waals surface area contributed by atoms with E-state index in [4.69, 9.17) is 11.6 Å². The molecule has 1 unspecified atom stereocenters. The summed E-state index contributed by atoms with van der Waals surface area (Å²) in [5.41, 5.74) is -0.0178. The lowest BCUT2D eigenvalue weighted by molar-refractivity contribution is -0.123. The minimum absolute atomic E-state index is 0.113. The van der Waals surface area contributed by atoms with Crippen molar-refractivity contribution in [3.8, 4) is 0 Å². The number of hydrogen-bond donors (Lipinski definition) is 0. The molecule has 1 aliphatic rings. The first-order valence-corrected chi connectivity index (χ1v) is 9.75. The van der Waals surface area contributed by atoms with Crippen molar-refractivity contribution in [2.24, 2.45) is 0 Å². The van der Waals surface area contributed by atoms with Gasteiger partial charge >= 0.3 is 0 Å². The highest BCUT2D eigenvalue weighted by Gasteiger charge is 2.48. The van der Waals surface area contributed by atoms with Crippen LogP contribution in [0.4, 0.5) is 10.1 Å². The third kappa shape index (κ3) is 4.03. The number of rotatable bonds is 5. The largest absolute Gasteiger partial charge is 0.321 e. The molecule has 0 spiro atoms. The Labute approximate surface area is 174 Å². The van der Waals surface area contributed by atoms with E-state index in [9.17, 15) is 18.8 Å². The minimum Gasteiger partial charge on any atom is -0.321 e. The first-order valence-electron chi connectivity index (χ1n) is 9.37. The van der Waals surface area contributed by atoms with Crippen molar-refractivity contribution in [2.75, 3.05) is 4.90 Å². The molecule has 7 heteroatoms. The van der Waals surface area contributed by atoms with Gasteiger partial charge in [0.25, 0.3) is 11.8 Å². The first-order chi connectivity index (χ1) is 13.7. The fraction of sp³-hybridized carbons (Fsp3) is 0.318. The Morgan fingerprint density at radius 3 is 2.28 bits per heavy atom. The normalized spacial score (nSPS) is 17.0. The lowest BCUT2D eigenvalue weighted by atomic mass is 9.94. The minimum atomic E-state index is -0.939. The van der Waals surface area contributed by atoms with Crippen LogP contribution in [0.3, 0.4) is 0 Å². The molecule has 3 rings (SSSR count). The summed E-state index contributed by atoms with van der Waals surface area (Å²) in [7, 11) is 0. The number of anilines is 1. The number of carbonyl (C=O) groups excluding carboxylic acids is 3. The zero-order valence-electron chi connectivity index (χ0n) is 16.5.